The zero-order valence-corrected chi connectivity index (χ0v) is 15.4. The van der Waals surface area contributed by atoms with E-state index < -0.39 is 0 Å². The van der Waals surface area contributed by atoms with Crippen LogP contribution in [0, 0.1) is 0 Å². The minimum Gasteiger partial charge on any atom is -0.495 e. The summed E-state index contributed by atoms with van der Waals surface area (Å²) >= 11 is 6.11. The number of anilines is 1. The first-order valence-electron chi connectivity index (χ1n) is 8.00. The average molecular weight is 364 g/mol. The van der Waals surface area contributed by atoms with Gasteiger partial charge in [-0.2, -0.15) is 0 Å². The van der Waals surface area contributed by atoms with Crippen LogP contribution in [-0.2, 0) is 11.2 Å². The average Bonchev–Trinajstić information content (AvgIpc) is 2.61. The van der Waals surface area contributed by atoms with Gasteiger partial charge in [0.15, 0.2) is 0 Å². The molecule has 0 aliphatic heterocycles. The fourth-order valence-corrected chi connectivity index (χ4v) is 2.59. The van der Waals surface area contributed by atoms with Crippen molar-refractivity contribution in [2.45, 2.75) is 19.8 Å². The van der Waals surface area contributed by atoms with E-state index in [-0.39, 0.29) is 5.91 Å². The molecule has 0 fully saturated rings. The summed E-state index contributed by atoms with van der Waals surface area (Å²) in [7, 11) is 3.05. The van der Waals surface area contributed by atoms with Gasteiger partial charge < -0.3 is 19.5 Å². The highest BCUT2D eigenvalue weighted by Crippen LogP contribution is 2.35. The van der Waals surface area contributed by atoms with Gasteiger partial charge in [0, 0.05) is 12.5 Å². The van der Waals surface area contributed by atoms with Crippen LogP contribution in [-0.4, -0.2) is 26.7 Å². The van der Waals surface area contributed by atoms with Gasteiger partial charge in [-0.3, -0.25) is 4.79 Å². The van der Waals surface area contributed by atoms with Crippen molar-refractivity contribution in [3.05, 3.63) is 47.0 Å². The number of ether oxygens (including phenoxy) is 3. The second kappa shape index (κ2) is 9.18. The Kier molecular flexibility index (Phi) is 6.95. The van der Waals surface area contributed by atoms with Crippen LogP contribution < -0.4 is 19.5 Å². The molecule has 0 aliphatic rings. The van der Waals surface area contributed by atoms with Crippen molar-refractivity contribution >= 4 is 23.2 Å². The van der Waals surface area contributed by atoms with Crippen LogP contribution in [0.2, 0.25) is 5.02 Å². The van der Waals surface area contributed by atoms with Crippen LogP contribution in [0.1, 0.15) is 18.9 Å². The molecule has 134 valence electrons. The van der Waals surface area contributed by atoms with Gasteiger partial charge in [0.25, 0.3) is 0 Å². The largest absolute Gasteiger partial charge is 0.495 e. The quantitative estimate of drug-likeness (QED) is 0.758. The molecule has 0 saturated heterocycles. The van der Waals surface area contributed by atoms with Crippen molar-refractivity contribution in [3.8, 4) is 17.2 Å². The number of nitrogens with one attached hydrogen (secondary N) is 1. The Bertz CT molecular complexity index is 716. The van der Waals surface area contributed by atoms with Crippen LogP contribution in [0.5, 0.6) is 17.2 Å². The maximum atomic E-state index is 12.2. The molecule has 0 radical (unpaired) electrons. The summed E-state index contributed by atoms with van der Waals surface area (Å²) in [6.45, 7) is 2.58. The number of carbonyl (C=O) groups is 1. The topological polar surface area (TPSA) is 56.8 Å². The Morgan fingerprint density at radius 3 is 2.36 bits per heavy atom. The van der Waals surface area contributed by atoms with Crippen molar-refractivity contribution in [3.63, 3.8) is 0 Å². The lowest BCUT2D eigenvalue weighted by Crippen LogP contribution is -2.13. The first-order chi connectivity index (χ1) is 12.1. The molecule has 2 rings (SSSR count). The Balaban J connectivity index is 1.97. The standard InChI is InChI=1S/C19H22ClNO4/c1-4-25-14-8-5-13(6-9-14)7-10-19(22)21-16-11-15(20)17(23-2)12-18(16)24-3/h5-6,8-9,11-12H,4,7,10H2,1-3H3,(H,21,22). The lowest BCUT2D eigenvalue weighted by Gasteiger charge is -2.13. The van der Waals surface area contributed by atoms with Gasteiger partial charge in [0.05, 0.1) is 31.5 Å². The SMILES string of the molecule is CCOc1ccc(CCC(=O)Nc2cc(Cl)c(OC)cc2OC)cc1. The highest BCUT2D eigenvalue weighted by Gasteiger charge is 2.12. The molecule has 0 aliphatic carbocycles. The van der Waals surface area contributed by atoms with Crippen LogP contribution in [0.3, 0.4) is 0 Å². The summed E-state index contributed by atoms with van der Waals surface area (Å²) in [5.74, 6) is 1.70. The Morgan fingerprint density at radius 1 is 1.08 bits per heavy atom. The zero-order valence-electron chi connectivity index (χ0n) is 14.6. The zero-order chi connectivity index (χ0) is 18.2. The lowest BCUT2D eigenvalue weighted by atomic mass is 10.1. The van der Waals surface area contributed by atoms with Gasteiger partial charge >= 0.3 is 0 Å². The summed E-state index contributed by atoms with van der Waals surface area (Å²) in [5, 5.41) is 3.23. The molecule has 0 heterocycles. The third-order valence-electron chi connectivity index (χ3n) is 3.62. The number of benzene rings is 2. The van der Waals surface area contributed by atoms with Crippen molar-refractivity contribution in [2.75, 3.05) is 26.1 Å². The highest BCUT2D eigenvalue weighted by atomic mass is 35.5. The van der Waals surface area contributed by atoms with E-state index in [2.05, 4.69) is 5.32 Å². The summed E-state index contributed by atoms with van der Waals surface area (Å²) in [5.41, 5.74) is 1.59. The molecule has 0 bridgehead atoms. The number of rotatable bonds is 8. The number of hydrogen-bond acceptors (Lipinski definition) is 4. The van der Waals surface area contributed by atoms with E-state index in [1.807, 2.05) is 31.2 Å². The summed E-state index contributed by atoms with van der Waals surface area (Å²) in [6, 6.07) is 11.0. The highest BCUT2D eigenvalue weighted by molar-refractivity contribution is 6.32. The van der Waals surface area contributed by atoms with Crippen molar-refractivity contribution in [1.82, 2.24) is 0 Å². The molecule has 5 nitrogen and oxygen atoms in total. The monoisotopic (exact) mass is 363 g/mol. The molecule has 0 saturated carbocycles. The van der Waals surface area contributed by atoms with Crippen LogP contribution in [0.4, 0.5) is 5.69 Å². The molecule has 0 aromatic heterocycles. The molecule has 0 spiro atoms. The number of methoxy groups -OCH3 is 2. The van der Waals surface area contributed by atoms with Crippen LogP contribution >= 0.6 is 11.6 Å². The first-order valence-corrected chi connectivity index (χ1v) is 8.38. The fourth-order valence-electron chi connectivity index (χ4n) is 2.35. The van der Waals surface area contributed by atoms with E-state index in [1.165, 1.54) is 14.2 Å². The molecule has 2 aromatic carbocycles. The van der Waals surface area contributed by atoms with E-state index in [0.29, 0.717) is 41.7 Å². The Hall–Kier alpha value is -2.40. The first kappa shape index (κ1) is 18.9. The van der Waals surface area contributed by atoms with Gasteiger partial charge in [-0.15, -0.1) is 0 Å². The van der Waals surface area contributed by atoms with Gasteiger partial charge in [-0.25, -0.2) is 0 Å². The van der Waals surface area contributed by atoms with Crippen molar-refractivity contribution < 1.29 is 19.0 Å². The van der Waals surface area contributed by atoms with Crippen LogP contribution in [0.15, 0.2) is 36.4 Å². The second-order valence-electron chi connectivity index (χ2n) is 5.31. The van der Waals surface area contributed by atoms with E-state index in [4.69, 9.17) is 25.8 Å². The van der Waals surface area contributed by atoms with E-state index in [0.717, 1.165) is 11.3 Å². The smallest absolute Gasteiger partial charge is 0.224 e. The van der Waals surface area contributed by atoms with E-state index >= 15 is 0 Å². The molecule has 0 unspecified atom stereocenters. The second-order valence-corrected chi connectivity index (χ2v) is 5.72. The minimum absolute atomic E-state index is 0.117. The van der Waals surface area contributed by atoms with Gasteiger partial charge in [-0.05, 0) is 37.1 Å². The van der Waals surface area contributed by atoms with E-state index in [1.54, 1.807) is 12.1 Å². The summed E-state index contributed by atoms with van der Waals surface area (Å²) in [6.07, 6.45) is 0.977. The number of aryl methyl sites for hydroxylation is 1. The Morgan fingerprint density at radius 2 is 1.76 bits per heavy atom. The molecule has 1 amide bonds. The van der Waals surface area contributed by atoms with Gasteiger partial charge in [-0.1, -0.05) is 23.7 Å². The van der Waals surface area contributed by atoms with Crippen molar-refractivity contribution in [2.24, 2.45) is 0 Å². The molecule has 0 atom stereocenters. The molecular weight excluding hydrogens is 342 g/mol. The molecule has 2 aromatic rings. The number of carbonyl (C=O) groups excluding carboxylic acids is 1. The number of halogens is 1. The predicted octanol–water partition coefficient (Wildman–Crippen LogP) is 4.33. The van der Waals surface area contributed by atoms with E-state index in [9.17, 15) is 4.79 Å². The number of amides is 1. The molecular formula is C19H22ClNO4. The maximum Gasteiger partial charge on any atom is 0.224 e. The molecule has 25 heavy (non-hydrogen) atoms. The van der Waals surface area contributed by atoms with Crippen molar-refractivity contribution in [1.29, 1.82) is 0 Å². The summed E-state index contributed by atoms with van der Waals surface area (Å²) in [4.78, 5) is 12.2. The lowest BCUT2D eigenvalue weighted by molar-refractivity contribution is -0.116. The Labute approximate surface area is 152 Å². The van der Waals surface area contributed by atoms with Crippen LogP contribution in [0.25, 0.3) is 0 Å². The molecule has 6 heteroatoms. The normalized spacial score (nSPS) is 10.2. The molecule has 1 N–H and O–H groups in total. The minimum atomic E-state index is -0.117. The fraction of sp³-hybridized carbons (Fsp3) is 0.316. The van der Waals surface area contributed by atoms with Gasteiger partial charge in [0.1, 0.15) is 17.2 Å². The third kappa shape index (κ3) is 5.29. The maximum absolute atomic E-state index is 12.2. The summed E-state index contributed by atoms with van der Waals surface area (Å²) < 4.78 is 15.8. The predicted molar refractivity (Wildman–Crippen MR) is 99.1 cm³/mol. The number of hydrogen-bond donors (Lipinski definition) is 1. The van der Waals surface area contributed by atoms with Gasteiger partial charge in [0.2, 0.25) is 5.91 Å². The third-order valence-corrected chi connectivity index (χ3v) is 3.92.